The average Bonchev–Trinajstić information content (AvgIpc) is 3.19. The molecule has 2 fully saturated rings. The molecule has 0 radical (unpaired) electrons. The molecule has 0 aliphatic heterocycles. The molecule has 2 aliphatic carbocycles. The topological polar surface area (TPSA) is 67.4 Å². The van der Waals surface area contributed by atoms with E-state index in [0.717, 1.165) is 43.0 Å². The molecule has 3 rings (SSSR count). The van der Waals surface area contributed by atoms with Gasteiger partial charge in [-0.15, -0.1) is 0 Å². The maximum absolute atomic E-state index is 12.7. The zero-order valence-electron chi connectivity index (χ0n) is 15.9. The molecule has 0 bridgehead atoms. The fraction of sp³-hybridized carbons (Fsp3) is 0.619. The van der Waals surface area contributed by atoms with E-state index in [0.29, 0.717) is 18.0 Å². The van der Waals surface area contributed by atoms with Gasteiger partial charge in [-0.25, -0.2) is 0 Å². The molecule has 148 valence electrons. The zero-order valence-corrected chi connectivity index (χ0v) is 17.5. The Morgan fingerprint density at radius 1 is 1.04 bits per heavy atom. The van der Waals surface area contributed by atoms with Gasteiger partial charge in [0.05, 0.1) is 12.3 Å². The Balaban J connectivity index is 1.50. The number of benzene rings is 1. The van der Waals surface area contributed by atoms with Gasteiger partial charge < -0.3 is 15.4 Å². The van der Waals surface area contributed by atoms with Gasteiger partial charge in [-0.3, -0.25) is 9.59 Å². The van der Waals surface area contributed by atoms with E-state index in [1.807, 2.05) is 25.1 Å². The number of nitrogens with one attached hydrogen (secondary N) is 2. The highest BCUT2D eigenvalue weighted by Crippen LogP contribution is 2.31. The van der Waals surface area contributed by atoms with Crippen LogP contribution in [0.25, 0.3) is 0 Å². The largest absolute Gasteiger partial charge is 0.492 e. The lowest BCUT2D eigenvalue weighted by atomic mass is 9.85. The first kappa shape index (κ1) is 20.2. The van der Waals surface area contributed by atoms with Crippen LogP contribution in [0, 0.1) is 11.8 Å². The van der Waals surface area contributed by atoms with E-state index in [-0.39, 0.29) is 29.7 Å². The van der Waals surface area contributed by atoms with Crippen molar-refractivity contribution in [2.75, 3.05) is 11.9 Å². The molecule has 0 aromatic heterocycles. The number of hydrogen-bond donors (Lipinski definition) is 2. The summed E-state index contributed by atoms with van der Waals surface area (Å²) in [4.78, 5) is 25.0. The van der Waals surface area contributed by atoms with Crippen molar-refractivity contribution in [3.05, 3.63) is 22.7 Å². The average molecular weight is 437 g/mol. The van der Waals surface area contributed by atoms with Crippen LogP contribution in [0.2, 0.25) is 0 Å². The van der Waals surface area contributed by atoms with Gasteiger partial charge in [-0.05, 0) is 63.6 Å². The Hall–Kier alpha value is -1.56. The Morgan fingerprint density at radius 3 is 2.37 bits per heavy atom. The lowest BCUT2D eigenvalue weighted by Gasteiger charge is -2.29. The first-order valence-electron chi connectivity index (χ1n) is 10.1. The lowest BCUT2D eigenvalue weighted by Crippen LogP contribution is -2.41. The first-order chi connectivity index (χ1) is 13.1. The number of carbonyl (C=O) groups is 2. The minimum Gasteiger partial charge on any atom is -0.492 e. The molecule has 2 N–H and O–H groups in total. The predicted molar refractivity (Wildman–Crippen MR) is 110 cm³/mol. The number of carbonyl (C=O) groups excluding carboxylic acids is 2. The third-order valence-corrected chi connectivity index (χ3v) is 6.16. The minimum absolute atomic E-state index is 0.0157. The molecule has 1 aromatic carbocycles. The van der Waals surface area contributed by atoms with Gasteiger partial charge in [0.25, 0.3) is 0 Å². The zero-order chi connectivity index (χ0) is 19.2. The van der Waals surface area contributed by atoms with Crippen molar-refractivity contribution in [1.82, 2.24) is 5.32 Å². The van der Waals surface area contributed by atoms with Crippen LogP contribution in [0.1, 0.15) is 58.3 Å². The number of ether oxygens (including phenoxy) is 1. The minimum atomic E-state index is -0.0157. The highest BCUT2D eigenvalue weighted by Gasteiger charge is 2.30. The van der Waals surface area contributed by atoms with E-state index < -0.39 is 0 Å². The van der Waals surface area contributed by atoms with E-state index in [1.54, 1.807) is 0 Å². The summed E-state index contributed by atoms with van der Waals surface area (Å²) >= 11 is 3.44. The summed E-state index contributed by atoms with van der Waals surface area (Å²) in [6, 6.07) is 5.85. The molecule has 27 heavy (non-hydrogen) atoms. The number of anilines is 1. The van der Waals surface area contributed by atoms with Crippen LogP contribution in [0.5, 0.6) is 5.75 Å². The van der Waals surface area contributed by atoms with Crippen molar-refractivity contribution < 1.29 is 14.3 Å². The molecule has 2 amide bonds. The maximum atomic E-state index is 12.7. The fourth-order valence-electron chi connectivity index (χ4n) is 4.12. The van der Waals surface area contributed by atoms with E-state index in [1.165, 1.54) is 12.8 Å². The van der Waals surface area contributed by atoms with Crippen LogP contribution in [-0.4, -0.2) is 24.5 Å². The van der Waals surface area contributed by atoms with Gasteiger partial charge >= 0.3 is 0 Å². The van der Waals surface area contributed by atoms with Crippen molar-refractivity contribution in [2.45, 2.75) is 64.3 Å². The monoisotopic (exact) mass is 436 g/mol. The second-order valence-electron chi connectivity index (χ2n) is 7.60. The third kappa shape index (κ3) is 5.47. The summed E-state index contributed by atoms with van der Waals surface area (Å²) in [6.45, 7) is 2.48. The van der Waals surface area contributed by atoms with Gasteiger partial charge in [-0.2, -0.15) is 0 Å². The number of halogens is 1. The smallest absolute Gasteiger partial charge is 0.227 e. The summed E-state index contributed by atoms with van der Waals surface area (Å²) in [7, 11) is 0. The summed E-state index contributed by atoms with van der Waals surface area (Å²) in [5.41, 5.74) is 0.702. The second-order valence-corrected chi connectivity index (χ2v) is 8.52. The van der Waals surface area contributed by atoms with Crippen LogP contribution in [-0.2, 0) is 9.59 Å². The highest BCUT2D eigenvalue weighted by molar-refractivity contribution is 9.10. The standard InChI is InChI=1S/C21H29BrN2O3/c1-2-27-19-12-9-16(22)13-18(19)24-21(26)15-7-10-17(11-8-15)23-20(25)14-5-3-4-6-14/h9,12-15,17H,2-8,10-11H2,1H3,(H,23,25)(H,24,26). The predicted octanol–water partition coefficient (Wildman–Crippen LogP) is 4.65. The van der Waals surface area contributed by atoms with Gasteiger partial charge in [0.1, 0.15) is 5.75 Å². The quantitative estimate of drug-likeness (QED) is 0.681. The fourth-order valence-corrected chi connectivity index (χ4v) is 4.48. The molecule has 2 aliphatic rings. The van der Waals surface area contributed by atoms with Crippen LogP contribution >= 0.6 is 15.9 Å². The molecule has 5 nitrogen and oxygen atoms in total. The molecule has 0 heterocycles. The van der Waals surface area contributed by atoms with Crippen molar-refractivity contribution in [2.24, 2.45) is 11.8 Å². The normalized spacial score (nSPS) is 23.0. The van der Waals surface area contributed by atoms with Gasteiger partial charge in [0, 0.05) is 22.4 Å². The van der Waals surface area contributed by atoms with E-state index >= 15 is 0 Å². The molecule has 0 spiro atoms. The Bertz CT molecular complexity index is 665. The molecule has 0 saturated heterocycles. The van der Waals surface area contributed by atoms with E-state index in [9.17, 15) is 9.59 Å². The SMILES string of the molecule is CCOc1ccc(Br)cc1NC(=O)C1CCC(NC(=O)C2CCCC2)CC1. The van der Waals surface area contributed by atoms with Gasteiger partial charge in [0.15, 0.2) is 0 Å². The second kappa shape index (κ2) is 9.58. The Kier molecular flexibility index (Phi) is 7.16. The van der Waals surface area contributed by atoms with Crippen molar-refractivity contribution in [1.29, 1.82) is 0 Å². The van der Waals surface area contributed by atoms with Gasteiger partial charge in [0.2, 0.25) is 11.8 Å². The summed E-state index contributed by atoms with van der Waals surface area (Å²) < 4.78 is 6.51. The molecule has 0 atom stereocenters. The molecule has 1 aromatic rings. The van der Waals surface area contributed by atoms with Gasteiger partial charge in [-0.1, -0.05) is 28.8 Å². The summed E-state index contributed by atoms with van der Waals surface area (Å²) in [6.07, 6.45) is 7.74. The van der Waals surface area contributed by atoms with E-state index in [4.69, 9.17) is 4.74 Å². The first-order valence-corrected chi connectivity index (χ1v) is 10.9. The molecular formula is C21H29BrN2O3. The summed E-state index contributed by atoms with van der Waals surface area (Å²) in [5, 5.41) is 6.23. The molecule has 0 unspecified atom stereocenters. The number of rotatable bonds is 6. The lowest BCUT2D eigenvalue weighted by molar-refractivity contribution is -0.125. The summed E-state index contributed by atoms with van der Waals surface area (Å²) in [5.74, 6) is 1.13. The third-order valence-electron chi connectivity index (χ3n) is 5.67. The van der Waals surface area contributed by atoms with Crippen LogP contribution in [0.4, 0.5) is 5.69 Å². The van der Waals surface area contributed by atoms with Crippen LogP contribution in [0.15, 0.2) is 22.7 Å². The Labute approximate surface area is 169 Å². The molecular weight excluding hydrogens is 408 g/mol. The van der Waals surface area contributed by atoms with Crippen molar-refractivity contribution >= 4 is 33.4 Å². The number of hydrogen-bond acceptors (Lipinski definition) is 3. The van der Waals surface area contributed by atoms with Crippen LogP contribution < -0.4 is 15.4 Å². The van der Waals surface area contributed by atoms with Crippen molar-refractivity contribution in [3.8, 4) is 5.75 Å². The Morgan fingerprint density at radius 2 is 1.70 bits per heavy atom. The van der Waals surface area contributed by atoms with Crippen LogP contribution in [0.3, 0.4) is 0 Å². The number of amides is 2. The van der Waals surface area contributed by atoms with Crippen molar-refractivity contribution in [3.63, 3.8) is 0 Å². The molecule has 6 heteroatoms. The highest BCUT2D eigenvalue weighted by atomic mass is 79.9. The molecule has 2 saturated carbocycles. The van der Waals surface area contributed by atoms with E-state index in [2.05, 4.69) is 26.6 Å². The maximum Gasteiger partial charge on any atom is 0.227 e.